The van der Waals surface area contributed by atoms with Crippen LogP contribution in [-0.2, 0) is 6.42 Å². The summed E-state index contributed by atoms with van der Waals surface area (Å²) < 4.78 is 6.39. The van der Waals surface area contributed by atoms with E-state index < -0.39 is 0 Å². The summed E-state index contributed by atoms with van der Waals surface area (Å²) in [6.07, 6.45) is 0.979. The molecule has 92 valence electrons. The molecular formula is C14H14N2OS. The van der Waals surface area contributed by atoms with E-state index in [2.05, 4.69) is 28.2 Å². The predicted molar refractivity (Wildman–Crippen MR) is 73.5 cm³/mol. The lowest BCUT2D eigenvalue weighted by Crippen LogP contribution is -1.98. The van der Waals surface area contributed by atoms with Crippen molar-refractivity contribution < 1.29 is 4.74 Å². The zero-order valence-electron chi connectivity index (χ0n) is 10.4. The van der Waals surface area contributed by atoms with Gasteiger partial charge in [-0.15, -0.1) is 0 Å². The van der Waals surface area contributed by atoms with E-state index in [-0.39, 0.29) is 0 Å². The van der Waals surface area contributed by atoms with Gasteiger partial charge in [-0.2, -0.15) is 0 Å². The number of aryl methyl sites for hydroxylation is 1. The molecular weight excluding hydrogens is 244 g/mol. The van der Waals surface area contributed by atoms with Crippen molar-refractivity contribution in [1.82, 2.24) is 9.97 Å². The highest BCUT2D eigenvalue weighted by atomic mass is 32.1. The lowest BCUT2D eigenvalue weighted by atomic mass is 10.0. The molecule has 0 spiro atoms. The number of aromatic amines is 1. The number of H-pyrrole nitrogens is 1. The molecule has 0 fully saturated rings. The maximum absolute atomic E-state index is 5.74. The van der Waals surface area contributed by atoms with Crippen LogP contribution in [0.3, 0.4) is 0 Å². The number of aromatic nitrogens is 2. The van der Waals surface area contributed by atoms with Gasteiger partial charge in [0.1, 0.15) is 16.2 Å². The number of hydrogen-bond donors (Lipinski definition) is 1. The molecule has 0 unspecified atom stereocenters. The molecule has 1 N–H and O–H groups in total. The zero-order chi connectivity index (χ0) is 12.7. The Morgan fingerprint density at radius 1 is 1.33 bits per heavy atom. The summed E-state index contributed by atoms with van der Waals surface area (Å²) in [6.45, 7) is 4.67. The van der Waals surface area contributed by atoms with Gasteiger partial charge in [-0.25, -0.2) is 4.98 Å². The summed E-state index contributed by atoms with van der Waals surface area (Å²) >= 11 is 5.28. The first kappa shape index (κ1) is 11.4. The van der Waals surface area contributed by atoms with Crippen LogP contribution in [0.5, 0.6) is 5.75 Å². The summed E-state index contributed by atoms with van der Waals surface area (Å²) in [5.74, 6) is 1.81. The molecule has 0 amide bonds. The Hall–Kier alpha value is -1.68. The van der Waals surface area contributed by atoms with E-state index in [9.17, 15) is 0 Å². The Labute approximate surface area is 111 Å². The lowest BCUT2D eigenvalue weighted by molar-refractivity contribution is 0.358. The first-order chi connectivity index (χ1) is 8.66. The van der Waals surface area contributed by atoms with Crippen molar-refractivity contribution in [3.05, 3.63) is 39.8 Å². The van der Waals surface area contributed by atoms with Gasteiger partial charge in [0.2, 0.25) is 0 Å². The molecule has 18 heavy (non-hydrogen) atoms. The SMILES string of the molecule is Cc1nc(=S)c(C)c(-c2cccc3c2OCC3)[nH]1. The molecule has 2 aromatic rings. The fourth-order valence-corrected chi connectivity index (χ4v) is 2.57. The maximum Gasteiger partial charge on any atom is 0.133 e. The fourth-order valence-electron chi connectivity index (χ4n) is 2.33. The Morgan fingerprint density at radius 2 is 2.17 bits per heavy atom. The van der Waals surface area contributed by atoms with Gasteiger partial charge in [0.25, 0.3) is 0 Å². The van der Waals surface area contributed by atoms with Crippen LogP contribution in [0.1, 0.15) is 17.0 Å². The molecule has 0 aliphatic carbocycles. The number of hydrogen-bond acceptors (Lipinski definition) is 3. The van der Waals surface area contributed by atoms with Crippen LogP contribution in [0.25, 0.3) is 11.3 Å². The fraction of sp³-hybridized carbons (Fsp3) is 0.286. The summed E-state index contributed by atoms with van der Waals surface area (Å²) in [5.41, 5.74) is 4.37. The summed E-state index contributed by atoms with van der Waals surface area (Å²) in [5, 5.41) is 0. The Morgan fingerprint density at radius 3 is 3.00 bits per heavy atom. The Balaban J connectivity index is 2.28. The van der Waals surface area contributed by atoms with Crippen molar-refractivity contribution in [3.8, 4) is 17.0 Å². The number of para-hydroxylation sites is 1. The van der Waals surface area contributed by atoms with Crippen LogP contribution in [0.2, 0.25) is 0 Å². The van der Waals surface area contributed by atoms with Crippen LogP contribution >= 0.6 is 12.2 Å². The average Bonchev–Trinajstić information content (AvgIpc) is 2.81. The van der Waals surface area contributed by atoms with E-state index >= 15 is 0 Å². The van der Waals surface area contributed by atoms with Gasteiger partial charge in [-0.1, -0.05) is 24.4 Å². The molecule has 1 aromatic carbocycles. The molecule has 0 saturated heterocycles. The van der Waals surface area contributed by atoms with Crippen molar-refractivity contribution in [2.75, 3.05) is 6.61 Å². The summed E-state index contributed by atoms with van der Waals surface area (Å²) in [4.78, 5) is 7.58. The molecule has 0 radical (unpaired) electrons. The molecule has 4 heteroatoms. The molecule has 1 aliphatic rings. The normalized spacial score (nSPS) is 13.2. The molecule has 3 rings (SSSR count). The van der Waals surface area contributed by atoms with E-state index in [1.807, 2.05) is 13.8 Å². The third-order valence-electron chi connectivity index (χ3n) is 3.25. The van der Waals surface area contributed by atoms with Gasteiger partial charge in [0, 0.05) is 17.5 Å². The summed E-state index contributed by atoms with van der Waals surface area (Å²) in [6, 6.07) is 6.25. The highest BCUT2D eigenvalue weighted by Gasteiger charge is 2.18. The highest BCUT2D eigenvalue weighted by molar-refractivity contribution is 7.71. The van der Waals surface area contributed by atoms with Gasteiger partial charge in [-0.3, -0.25) is 0 Å². The largest absolute Gasteiger partial charge is 0.492 e. The zero-order valence-corrected chi connectivity index (χ0v) is 11.2. The van der Waals surface area contributed by atoms with Crippen LogP contribution in [0.15, 0.2) is 18.2 Å². The maximum atomic E-state index is 5.74. The number of rotatable bonds is 1. The van der Waals surface area contributed by atoms with Gasteiger partial charge >= 0.3 is 0 Å². The highest BCUT2D eigenvalue weighted by Crippen LogP contribution is 2.37. The van der Waals surface area contributed by atoms with Crippen molar-refractivity contribution in [3.63, 3.8) is 0 Å². The minimum atomic E-state index is 0.650. The number of fused-ring (bicyclic) bond motifs is 1. The molecule has 0 atom stereocenters. The molecule has 2 heterocycles. The van der Waals surface area contributed by atoms with Gasteiger partial charge < -0.3 is 9.72 Å². The van der Waals surface area contributed by atoms with E-state index in [4.69, 9.17) is 17.0 Å². The first-order valence-corrected chi connectivity index (χ1v) is 6.40. The van der Waals surface area contributed by atoms with Crippen molar-refractivity contribution in [1.29, 1.82) is 0 Å². The molecule has 3 nitrogen and oxygen atoms in total. The van der Waals surface area contributed by atoms with Crippen LogP contribution in [0.4, 0.5) is 0 Å². The predicted octanol–water partition coefficient (Wildman–Crippen LogP) is 3.36. The third kappa shape index (κ3) is 1.73. The smallest absolute Gasteiger partial charge is 0.133 e. The standard InChI is InChI=1S/C14H14N2OS/c1-8-12(15-9(2)16-14(8)18)11-5-3-4-10-6-7-17-13(10)11/h3-5H,6-7H2,1-2H3,(H,15,16,18). The van der Waals surface area contributed by atoms with Gasteiger partial charge in [-0.05, 0) is 25.5 Å². The minimum Gasteiger partial charge on any atom is -0.492 e. The van der Waals surface area contributed by atoms with Crippen molar-refractivity contribution >= 4 is 12.2 Å². The van der Waals surface area contributed by atoms with Gasteiger partial charge in [0.05, 0.1) is 12.3 Å². The molecule has 0 saturated carbocycles. The molecule has 0 bridgehead atoms. The number of nitrogens with zero attached hydrogens (tertiary/aromatic N) is 1. The first-order valence-electron chi connectivity index (χ1n) is 5.99. The Kier molecular flexibility index (Phi) is 2.67. The van der Waals surface area contributed by atoms with Crippen molar-refractivity contribution in [2.45, 2.75) is 20.3 Å². The van der Waals surface area contributed by atoms with Crippen LogP contribution in [-0.4, -0.2) is 16.6 Å². The number of benzene rings is 1. The van der Waals surface area contributed by atoms with Crippen LogP contribution in [0, 0.1) is 18.5 Å². The summed E-state index contributed by atoms with van der Waals surface area (Å²) in [7, 11) is 0. The number of nitrogens with one attached hydrogen (secondary N) is 1. The Bertz CT molecular complexity index is 676. The second-order valence-corrected chi connectivity index (χ2v) is 4.91. The second-order valence-electron chi connectivity index (χ2n) is 4.52. The molecule has 1 aromatic heterocycles. The second kappa shape index (κ2) is 4.21. The quantitative estimate of drug-likeness (QED) is 0.797. The third-order valence-corrected chi connectivity index (χ3v) is 3.65. The van der Waals surface area contributed by atoms with Gasteiger partial charge in [0.15, 0.2) is 0 Å². The van der Waals surface area contributed by atoms with Crippen molar-refractivity contribution in [2.24, 2.45) is 0 Å². The van der Waals surface area contributed by atoms with E-state index in [1.54, 1.807) is 0 Å². The minimum absolute atomic E-state index is 0.650. The monoisotopic (exact) mass is 258 g/mol. The van der Waals surface area contributed by atoms with E-state index in [0.717, 1.165) is 41.4 Å². The topological polar surface area (TPSA) is 37.9 Å². The van der Waals surface area contributed by atoms with Crippen LogP contribution < -0.4 is 4.74 Å². The molecule has 1 aliphatic heterocycles. The average molecular weight is 258 g/mol. The van der Waals surface area contributed by atoms with E-state index in [0.29, 0.717) is 4.64 Å². The van der Waals surface area contributed by atoms with E-state index in [1.165, 1.54) is 5.56 Å². The lowest BCUT2D eigenvalue weighted by Gasteiger charge is -2.11. The number of ether oxygens (including phenoxy) is 1.